The van der Waals surface area contributed by atoms with Gasteiger partial charge in [-0.15, -0.1) is 6.89 Å². The predicted octanol–water partition coefficient (Wildman–Crippen LogP) is 5.04. The molecule has 0 spiro atoms. The summed E-state index contributed by atoms with van der Waals surface area (Å²) < 4.78 is 34.9. The number of methoxy groups -OCH3 is 2. The van der Waals surface area contributed by atoms with Crippen molar-refractivity contribution in [2.45, 2.75) is 54.1 Å². The van der Waals surface area contributed by atoms with Crippen molar-refractivity contribution in [2.24, 2.45) is 0 Å². The van der Waals surface area contributed by atoms with Crippen molar-refractivity contribution in [1.29, 1.82) is 0 Å². The molecular formula is C28H46N2O9P2. The minimum absolute atomic E-state index is 0.0200. The van der Waals surface area contributed by atoms with Crippen LogP contribution in [0, 0.1) is 34.6 Å². The molecule has 11 nitrogen and oxygen atoms in total. The first-order valence-corrected chi connectivity index (χ1v) is 17.5. The molecule has 0 aliphatic rings. The van der Waals surface area contributed by atoms with Gasteiger partial charge in [-0.05, 0) is 90.7 Å². The summed E-state index contributed by atoms with van der Waals surface area (Å²) in [4.78, 5) is 41.0. The first-order chi connectivity index (χ1) is 18.9. The zero-order valence-electron chi connectivity index (χ0n) is 26.8. The molecule has 13 heteroatoms. The van der Waals surface area contributed by atoms with Gasteiger partial charge < -0.3 is 23.3 Å². The molecule has 0 radical (unpaired) electrons. The quantitative estimate of drug-likeness (QED) is 0.224. The van der Waals surface area contributed by atoms with Gasteiger partial charge in [0.2, 0.25) is 0 Å². The molecule has 2 rings (SSSR count). The SMILES string of the molecule is COC(=O)C(C)=P(C)(C)C.COC(=O)C(C)P(=O)(OC)OC.Cc1c(C)c(C)c2c(C)nc(OCC=O)nc2c1C. The Morgan fingerprint density at radius 2 is 1.37 bits per heavy atom. The lowest BCUT2D eigenvalue weighted by Gasteiger charge is -2.18. The largest absolute Gasteiger partial charge is 0.468 e. The second-order valence-corrected chi connectivity index (χ2v) is 17.3. The van der Waals surface area contributed by atoms with E-state index < -0.39 is 26.1 Å². The van der Waals surface area contributed by atoms with E-state index in [1.165, 1.54) is 52.1 Å². The highest BCUT2D eigenvalue weighted by atomic mass is 31.2. The Bertz CT molecular complexity index is 1330. The van der Waals surface area contributed by atoms with E-state index in [0.717, 1.165) is 27.5 Å². The molecule has 2 aromatic rings. The molecule has 1 aromatic carbocycles. The smallest absolute Gasteiger partial charge is 0.344 e. The molecule has 0 N–H and O–H groups in total. The predicted molar refractivity (Wildman–Crippen MR) is 165 cm³/mol. The van der Waals surface area contributed by atoms with Gasteiger partial charge >= 0.3 is 25.5 Å². The molecule has 41 heavy (non-hydrogen) atoms. The third-order valence-corrected chi connectivity index (χ3v) is 11.2. The molecule has 0 aliphatic heterocycles. The molecule has 0 saturated heterocycles. The summed E-state index contributed by atoms with van der Waals surface area (Å²) in [5.41, 5.74) is 5.76. The van der Waals surface area contributed by atoms with E-state index in [9.17, 15) is 18.9 Å². The molecule has 1 heterocycles. The molecule has 232 valence electrons. The maximum absolute atomic E-state index is 11.5. The summed E-state index contributed by atoms with van der Waals surface area (Å²) in [6, 6.07) is 0.267. The van der Waals surface area contributed by atoms with E-state index in [-0.39, 0.29) is 18.6 Å². The molecule has 0 aliphatic carbocycles. The Morgan fingerprint density at radius 1 is 0.854 bits per heavy atom. The summed E-state index contributed by atoms with van der Waals surface area (Å²) in [5, 5.41) is 1.95. The number of aromatic nitrogens is 2. The van der Waals surface area contributed by atoms with E-state index in [0.29, 0.717) is 6.29 Å². The van der Waals surface area contributed by atoms with E-state index in [2.05, 4.69) is 76.2 Å². The minimum Gasteiger partial charge on any atom is -0.468 e. The van der Waals surface area contributed by atoms with Crippen LogP contribution < -0.4 is 4.74 Å². The molecule has 1 aromatic heterocycles. The van der Waals surface area contributed by atoms with Gasteiger partial charge in [0.05, 0.1) is 25.4 Å². The van der Waals surface area contributed by atoms with Crippen LogP contribution in [0.5, 0.6) is 6.01 Å². The molecule has 0 bridgehead atoms. The number of ether oxygens (including phenoxy) is 3. The Labute approximate surface area is 244 Å². The Morgan fingerprint density at radius 3 is 1.76 bits per heavy atom. The van der Waals surface area contributed by atoms with Gasteiger partial charge in [-0.3, -0.25) is 14.2 Å². The van der Waals surface area contributed by atoms with Crippen LogP contribution in [0.1, 0.15) is 41.8 Å². The van der Waals surface area contributed by atoms with Crippen molar-refractivity contribution in [3.05, 3.63) is 27.9 Å². The second-order valence-electron chi connectivity index (χ2n) is 9.99. The maximum Gasteiger partial charge on any atom is 0.344 e. The lowest BCUT2D eigenvalue weighted by Crippen LogP contribution is -2.20. The third kappa shape index (κ3) is 10.3. The van der Waals surface area contributed by atoms with Gasteiger partial charge in [0, 0.05) is 24.9 Å². The summed E-state index contributed by atoms with van der Waals surface area (Å²) >= 11 is 0. The van der Waals surface area contributed by atoms with Crippen LogP contribution in [0.3, 0.4) is 0 Å². The fraction of sp³-hybridized carbons (Fsp3) is 0.571. The van der Waals surface area contributed by atoms with Crippen molar-refractivity contribution in [2.75, 3.05) is 55.0 Å². The summed E-state index contributed by atoms with van der Waals surface area (Å²) in [5.74, 6) is -0.775. The lowest BCUT2D eigenvalue weighted by molar-refractivity contribution is -0.140. The van der Waals surface area contributed by atoms with Crippen molar-refractivity contribution in [3.8, 4) is 6.01 Å². The molecule has 0 amide bonds. The van der Waals surface area contributed by atoms with Gasteiger partial charge in [-0.2, -0.15) is 9.97 Å². The van der Waals surface area contributed by atoms with Gasteiger partial charge in [0.15, 0.2) is 11.9 Å². The average Bonchev–Trinajstić information content (AvgIpc) is 2.95. The summed E-state index contributed by atoms with van der Waals surface area (Å²) in [6.45, 7) is 18.7. The summed E-state index contributed by atoms with van der Waals surface area (Å²) in [6.07, 6.45) is 0.696. The van der Waals surface area contributed by atoms with Crippen molar-refractivity contribution in [1.82, 2.24) is 9.97 Å². The second kappa shape index (κ2) is 16.8. The number of carbonyl (C=O) groups is 3. The highest BCUT2D eigenvalue weighted by molar-refractivity contribution is 7.75. The van der Waals surface area contributed by atoms with Gasteiger partial charge in [-0.1, -0.05) is 0 Å². The lowest BCUT2D eigenvalue weighted by atomic mass is 9.94. The number of esters is 2. The van der Waals surface area contributed by atoms with E-state index in [1.54, 1.807) is 0 Å². The number of fused-ring (bicyclic) bond motifs is 1. The zero-order valence-corrected chi connectivity index (χ0v) is 28.6. The topological polar surface area (TPSA) is 140 Å². The first kappa shape index (κ1) is 38.4. The highest BCUT2D eigenvalue weighted by Gasteiger charge is 2.36. The van der Waals surface area contributed by atoms with E-state index >= 15 is 0 Å². The fourth-order valence-corrected chi connectivity index (χ4v) is 5.26. The molecule has 1 atom stereocenters. The molecular weight excluding hydrogens is 570 g/mol. The highest BCUT2D eigenvalue weighted by Crippen LogP contribution is 2.51. The molecule has 0 saturated carbocycles. The maximum atomic E-state index is 11.5. The van der Waals surface area contributed by atoms with Crippen LogP contribution in [0.4, 0.5) is 0 Å². The van der Waals surface area contributed by atoms with Crippen molar-refractivity contribution in [3.63, 3.8) is 0 Å². The monoisotopic (exact) mass is 616 g/mol. The number of nitrogens with zero attached hydrogens (tertiary/aromatic N) is 2. The number of hydrogen-bond acceptors (Lipinski definition) is 11. The number of hydrogen-bond donors (Lipinski definition) is 0. The average molecular weight is 617 g/mol. The number of carbonyl (C=O) groups excluding carboxylic acids is 3. The molecule has 0 fully saturated rings. The number of aryl methyl sites for hydroxylation is 3. The van der Waals surface area contributed by atoms with E-state index in [1.807, 2.05) is 13.8 Å². The Hall–Kier alpha value is -2.58. The Balaban J connectivity index is 0.000000631. The standard InChI is InChI=1S/C15H18N2O2.C7H15O2P.C6H13O5P/c1-8-9(2)11(4)14-13(10(8)3)12(5)16-15(17-14)19-7-6-18;1-6(7(8)9-2)10(3,4)5;1-5(6(7)9-2)12(8,10-3)11-4/h6H,7H2,1-5H3;1-5H3;5H,1-4H3. The normalized spacial score (nSPS) is 11.8. The van der Waals surface area contributed by atoms with E-state index in [4.69, 9.17) is 4.74 Å². The number of benzene rings is 1. The van der Waals surface area contributed by atoms with Gasteiger partial charge in [-0.25, -0.2) is 4.79 Å². The van der Waals surface area contributed by atoms with Crippen LogP contribution >= 0.6 is 14.5 Å². The van der Waals surface area contributed by atoms with Crippen LogP contribution in [-0.4, -0.2) is 94.2 Å². The summed E-state index contributed by atoms with van der Waals surface area (Å²) in [7, 11) is 1.77. The first-order valence-electron chi connectivity index (χ1n) is 12.7. The van der Waals surface area contributed by atoms with Crippen molar-refractivity contribution < 1.29 is 42.2 Å². The van der Waals surface area contributed by atoms with Crippen LogP contribution in [0.15, 0.2) is 0 Å². The van der Waals surface area contributed by atoms with Crippen LogP contribution in [-0.2, 0) is 37.5 Å². The molecule has 1 unspecified atom stereocenters. The third-order valence-electron chi connectivity index (χ3n) is 6.78. The van der Waals surface area contributed by atoms with Crippen LogP contribution in [0.2, 0.25) is 0 Å². The van der Waals surface area contributed by atoms with Gasteiger partial charge in [0.25, 0.3) is 0 Å². The number of aldehydes is 1. The van der Waals surface area contributed by atoms with Crippen molar-refractivity contribution >= 4 is 48.9 Å². The van der Waals surface area contributed by atoms with Gasteiger partial charge in [0.1, 0.15) is 6.61 Å². The van der Waals surface area contributed by atoms with Crippen LogP contribution in [0.25, 0.3) is 10.9 Å². The fourth-order valence-electron chi connectivity index (χ4n) is 3.48. The Kier molecular flexibility index (Phi) is 15.7. The zero-order chi connectivity index (χ0) is 32.3. The number of rotatable bonds is 8. The minimum atomic E-state index is -3.32.